The molecular formula is C24H27N5S. The topological polar surface area (TPSA) is 46.0 Å². The maximum absolute atomic E-state index is 5.89. The fourth-order valence-corrected chi connectivity index (χ4v) is 5.33. The maximum Gasteiger partial charge on any atom is 0.170 e. The highest BCUT2D eigenvalue weighted by molar-refractivity contribution is 7.80. The minimum absolute atomic E-state index is 0.0398. The van der Waals surface area contributed by atoms with Crippen LogP contribution in [-0.2, 0) is 6.54 Å². The van der Waals surface area contributed by atoms with Gasteiger partial charge in [0.1, 0.15) is 0 Å². The van der Waals surface area contributed by atoms with Gasteiger partial charge in [0.05, 0.1) is 30.0 Å². The summed E-state index contributed by atoms with van der Waals surface area (Å²) in [5.41, 5.74) is 3.35. The lowest BCUT2D eigenvalue weighted by Gasteiger charge is -2.37. The summed E-state index contributed by atoms with van der Waals surface area (Å²) in [7, 11) is 0. The summed E-state index contributed by atoms with van der Waals surface area (Å²) in [5.74, 6) is 0. The third-order valence-corrected chi connectivity index (χ3v) is 6.66. The number of hydrogen-bond acceptors (Lipinski definition) is 3. The van der Waals surface area contributed by atoms with Crippen LogP contribution in [-0.4, -0.2) is 30.6 Å². The molecule has 30 heavy (non-hydrogen) atoms. The van der Waals surface area contributed by atoms with Crippen LogP contribution >= 0.6 is 12.2 Å². The maximum atomic E-state index is 5.89. The van der Waals surface area contributed by atoms with E-state index in [1.807, 2.05) is 30.6 Å². The minimum Gasteiger partial charge on any atom is -0.352 e. The fourth-order valence-electron chi connectivity index (χ4n) is 4.94. The Morgan fingerprint density at radius 2 is 1.73 bits per heavy atom. The highest BCUT2D eigenvalue weighted by atomic mass is 32.1. The van der Waals surface area contributed by atoms with Crippen LogP contribution in [0.25, 0.3) is 0 Å². The van der Waals surface area contributed by atoms with Crippen molar-refractivity contribution in [3.8, 4) is 0 Å². The second kappa shape index (κ2) is 8.56. The van der Waals surface area contributed by atoms with Crippen LogP contribution in [0.5, 0.6) is 0 Å². The van der Waals surface area contributed by atoms with E-state index in [1.165, 1.54) is 37.8 Å². The summed E-state index contributed by atoms with van der Waals surface area (Å²) in [6.45, 7) is 0.750. The second-order valence-corrected chi connectivity index (χ2v) is 8.59. The Labute approximate surface area is 183 Å². The summed E-state index contributed by atoms with van der Waals surface area (Å²) >= 11 is 5.89. The predicted molar refractivity (Wildman–Crippen MR) is 122 cm³/mol. The number of rotatable bonds is 5. The van der Waals surface area contributed by atoms with Crippen molar-refractivity contribution in [2.75, 3.05) is 0 Å². The average molecular weight is 418 g/mol. The summed E-state index contributed by atoms with van der Waals surface area (Å²) in [4.78, 5) is 11.7. The zero-order chi connectivity index (χ0) is 20.3. The Bertz CT molecular complexity index is 981. The van der Waals surface area contributed by atoms with Crippen molar-refractivity contribution in [2.45, 2.75) is 56.8 Å². The van der Waals surface area contributed by atoms with Gasteiger partial charge in [-0.1, -0.05) is 31.4 Å². The zero-order valence-corrected chi connectivity index (χ0v) is 17.8. The summed E-state index contributed by atoms with van der Waals surface area (Å²) in [5, 5.41) is 4.47. The lowest BCUT2D eigenvalue weighted by Crippen LogP contribution is -2.40. The third kappa shape index (κ3) is 3.72. The van der Waals surface area contributed by atoms with E-state index in [4.69, 9.17) is 12.2 Å². The fraction of sp³-hybridized carbons (Fsp3) is 0.375. The van der Waals surface area contributed by atoms with Gasteiger partial charge in [0.2, 0.25) is 0 Å². The highest BCUT2D eigenvalue weighted by Crippen LogP contribution is 2.42. The highest BCUT2D eigenvalue weighted by Gasteiger charge is 2.44. The van der Waals surface area contributed by atoms with E-state index in [0.29, 0.717) is 6.04 Å². The molecule has 1 saturated heterocycles. The summed E-state index contributed by atoms with van der Waals surface area (Å²) in [6.07, 6.45) is 12.2. The molecule has 5 nitrogen and oxygen atoms in total. The van der Waals surface area contributed by atoms with E-state index in [-0.39, 0.29) is 12.1 Å². The molecule has 0 amide bonds. The van der Waals surface area contributed by atoms with Crippen molar-refractivity contribution in [1.82, 2.24) is 24.8 Å². The molecule has 2 aliphatic rings. The van der Waals surface area contributed by atoms with Gasteiger partial charge in [0.25, 0.3) is 0 Å². The lowest BCUT2D eigenvalue weighted by atomic mass is 9.92. The minimum atomic E-state index is 0.0398. The van der Waals surface area contributed by atoms with E-state index < -0.39 is 0 Å². The van der Waals surface area contributed by atoms with Gasteiger partial charge in [0, 0.05) is 30.3 Å². The monoisotopic (exact) mass is 417 g/mol. The molecule has 1 N–H and O–H groups in total. The van der Waals surface area contributed by atoms with Crippen LogP contribution in [0.4, 0.5) is 0 Å². The molecular weight excluding hydrogens is 390 g/mol. The first-order valence-electron chi connectivity index (χ1n) is 10.9. The molecule has 1 aliphatic carbocycles. The van der Waals surface area contributed by atoms with Crippen molar-refractivity contribution in [2.24, 2.45) is 0 Å². The van der Waals surface area contributed by atoms with Crippen LogP contribution in [0.15, 0.2) is 67.1 Å². The number of aromatic nitrogens is 3. The lowest BCUT2D eigenvalue weighted by molar-refractivity contribution is 0.191. The summed E-state index contributed by atoms with van der Waals surface area (Å²) in [6, 6.07) is 17.2. The Morgan fingerprint density at radius 3 is 2.47 bits per heavy atom. The average Bonchev–Trinajstić information content (AvgIpc) is 3.39. The largest absolute Gasteiger partial charge is 0.352 e. The number of thiocarbonyl (C=S) groups is 1. The number of pyridine rings is 2. The molecule has 1 aliphatic heterocycles. The van der Waals surface area contributed by atoms with Crippen LogP contribution in [0.3, 0.4) is 0 Å². The quantitative estimate of drug-likeness (QED) is 0.613. The zero-order valence-electron chi connectivity index (χ0n) is 17.0. The molecule has 0 spiro atoms. The number of nitrogens with zero attached hydrogens (tertiary/aromatic N) is 4. The Kier molecular flexibility index (Phi) is 5.49. The normalized spacial score (nSPS) is 22.3. The molecule has 0 unspecified atom stereocenters. The first-order chi connectivity index (χ1) is 14.8. The first kappa shape index (κ1) is 19.2. The Morgan fingerprint density at radius 1 is 0.933 bits per heavy atom. The molecule has 6 heteroatoms. The van der Waals surface area contributed by atoms with Crippen molar-refractivity contribution >= 4 is 17.3 Å². The van der Waals surface area contributed by atoms with Crippen molar-refractivity contribution < 1.29 is 0 Å². The molecule has 2 fully saturated rings. The molecule has 0 bridgehead atoms. The SMILES string of the molecule is S=C1N[C@H](c2ccccn2)[C@@H](c2cccn2Cc2ccccn2)N1C1CCCCC1. The van der Waals surface area contributed by atoms with Gasteiger partial charge in [-0.3, -0.25) is 9.97 Å². The standard InChI is InChI=1S/C24H27N5S/c30-24-27-22(20-12-5-7-15-26-20)23(29(24)19-10-2-1-3-11-19)21-13-8-16-28(21)17-18-9-4-6-14-25-18/h4-9,12-16,19,22-23H,1-3,10-11,17H2,(H,27,30)/t22-,23-/m1/s1. The number of nitrogens with one attached hydrogen (secondary N) is 1. The smallest absolute Gasteiger partial charge is 0.170 e. The van der Waals surface area contributed by atoms with Gasteiger partial charge in [-0.25, -0.2) is 0 Å². The van der Waals surface area contributed by atoms with E-state index in [2.05, 4.69) is 61.3 Å². The van der Waals surface area contributed by atoms with Gasteiger partial charge >= 0.3 is 0 Å². The van der Waals surface area contributed by atoms with Crippen molar-refractivity contribution in [3.63, 3.8) is 0 Å². The molecule has 0 radical (unpaired) electrons. The number of hydrogen-bond donors (Lipinski definition) is 1. The molecule has 2 atom stereocenters. The molecule has 154 valence electrons. The van der Waals surface area contributed by atoms with Crippen molar-refractivity contribution in [3.05, 3.63) is 84.2 Å². The van der Waals surface area contributed by atoms with Crippen LogP contribution < -0.4 is 5.32 Å². The van der Waals surface area contributed by atoms with Gasteiger partial charge in [-0.15, -0.1) is 0 Å². The van der Waals surface area contributed by atoms with E-state index in [0.717, 1.165) is 23.0 Å². The van der Waals surface area contributed by atoms with Gasteiger partial charge in [0.15, 0.2) is 5.11 Å². The first-order valence-corrected chi connectivity index (χ1v) is 11.3. The molecule has 5 rings (SSSR count). The third-order valence-electron chi connectivity index (χ3n) is 6.33. The second-order valence-electron chi connectivity index (χ2n) is 8.21. The molecule has 3 aromatic heterocycles. The van der Waals surface area contributed by atoms with Gasteiger partial charge < -0.3 is 14.8 Å². The van der Waals surface area contributed by atoms with Crippen LogP contribution in [0.2, 0.25) is 0 Å². The van der Waals surface area contributed by atoms with Gasteiger partial charge in [-0.05, 0) is 61.5 Å². The van der Waals surface area contributed by atoms with Crippen LogP contribution in [0.1, 0.15) is 61.3 Å². The van der Waals surface area contributed by atoms with Gasteiger partial charge in [-0.2, -0.15) is 0 Å². The van der Waals surface area contributed by atoms with Crippen molar-refractivity contribution in [1.29, 1.82) is 0 Å². The Hall–Kier alpha value is -2.73. The van der Waals surface area contributed by atoms with E-state index >= 15 is 0 Å². The Balaban J connectivity index is 1.54. The molecule has 0 aromatic carbocycles. The molecule has 3 aromatic rings. The van der Waals surface area contributed by atoms with E-state index in [1.54, 1.807) is 0 Å². The molecule has 4 heterocycles. The summed E-state index contributed by atoms with van der Waals surface area (Å²) < 4.78 is 2.31. The van der Waals surface area contributed by atoms with E-state index in [9.17, 15) is 0 Å². The molecule has 1 saturated carbocycles. The van der Waals surface area contributed by atoms with Crippen LogP contribution in [0, 0.1) is 0 Å². The predicted octanol–water partition coefficient (Wildman–Crippen LogP) is 4.63.